The van der Waals surface area contributed by atoms with Crippen molar-refractivity contribution >= 4 is 17.9 Å². The van der Waals surface area contributed by atoms with Crippen molar-refractivity contribution in [3.05, 3.63) is 0 Å². The summed E-state index contributed by atoms with van der Waals surface area (Å²) in [5.74, 6) is -1.75. The van der Waals surface area contributed by atoms with Gasteiger partial charge in [0.25, 0.3) is 0 Å². The highest BCUT2D eigenvalue weighted by molar-refractivity contribution is 5.83. The Morgan fingerprint density at radius 3 is 2.24 bits per heavy atom. The lowest BCUT2D eigenvalue weighted by atomic mass is 10.1. The van der Waals surface area contributed by atoms with Crippen LogP contribution in [-0.4, -0.2) is 71.1 Å². The molecule has 21 heavy (non-hydrogen) atoms. The van der Waals surface area contributed by atoms with Crippen LogP contribution >= 0.6 is 0 Å². The molecule has 3 unspecified atom stereocenters. The fourth-order valence-electron chi connectivity index (χ4n) is 2.35. The Kier molecular flexibility index (Phi) is 5.95. The minimum atomic E-state index is -1.17. The molecule has 1 rings (SSSR count). The first-order chi connectivity index (χ1) is 9.72. The molecule has 0 aromatic rings. The van der Waals surface area contributed by atoms with Crippen molar-refractivity contribution in [2.75, 3.05) is 20.1 Å². The van der Waals surface area contributed by atoms with E-state index in [1.54, 1.807) is 4.90 Å². The predicted octanol–water partition coefficient (Wildman–Crippen LogP) is -0.561. The van der Waals surface area contributed by atoms with Crippen LogP contribution in [0.5, 0.6) is 0 Å². The number of carboxylic acid groups (broad SMARTS) is 1. The Balaban J connectivity index is 2.61. The molecule has 1 aliphatic rings. The number of aliphatic carboxylic acids is 1. The predicted molar refractivity (Wildman–Crippen MR) is 76.6 cm³/mol. The average molecular weight is 300 g/mol. The number of rotatable bonds is 5. The van der Waals surface area contributed by atoms with Crippen LogP contribution in [0.15, 0.2) is 0 Å². The SMILES string of the molecule is CC1CN(C(=O)NC(CCC(N)=O)C(=O)O)CC(C)N1C. The van der Waals surface area contributed by atoms with Gasteiger partial charge in [-0.1, -0.05) is 0 Å². The molecule has 1 aliphatic heterocycles. The second-order valence-electron chi connectivity index (χ2n) is 5.61. The molecule has 0 aromatic heterocycles. The van der Waals surface area contributed by atoms with Gasteiger partial charge < -0.3 is 21.1 Å². The van der Waals surface area contributed by atoms with E-state index < -0.39 is 23.9 Å². The fraction of sp³-hybridized carbons (Fsp3) is 0.769. The van der Waals surface area contributed by atoms with Crippen molar-refractivity contribution in [1.82, 2.24) is 15.1 Å². The Morgan fingerprint density at radius 2 is 1.81 bits per heavy atom. The second kappa shape index (κ2) is 7.26. The van der Waals surface area contributed by atoms with E-state index in [4.69, 9.17) is 10.8 Å². The smallest absolute Gasteiger partial charge is 0.326 e. The van der Waals surface area contributed by atoms with E-state index >= 15 is 0 Å². The van der Waals surface area contributed by atoms with Crippen LogP contribution in [0.3, 0.4) is 0 Å². The Morgan fingerprint density at radius 1 is 1.29 bits per heavy atom. The largest absolute Gasteiger partial charge is 0.480 e. The highest BCUT2D eigenvalue weighted by Crippen LogP contribution is 2.13. The van der Waals surface area contributed by atoms with Gasteiger partial charge in [0, 0.05) is 31.6 Å². The third-order valence-corrected chi connectivity index (χ3v) is 3.92. The van der Waals surface area contributed by atoms with Crippen molar-refractivity contribution in [2.45, 2.75) is 44.8 Å². The number of nitrogens with one attached hydrogen (secondary N) is 1. The summed E-state index contributed by atoms with van der Waals surface area (Å²) in [4.78, 5) is 37.8. The van der Waals surface area contributed by atoms with Crippen LogP contribution in [0.25, 0.3) is 0 Å². The van der Waals surface area contributed by atoms with E-state index in [1.165, 1.54) is 0 Å². The van der Waals surface area contributed by atoms with E-state index in [-0.39, 0.29) is 24.9 Å². The summed E-state index contributed by atoms with van der Waals surface area (Å²) in [7, 11) is 2.00. The standard InChI is InChI=1S/C13H24N4O4/c1-8-6-17(7-9(2)16(8)3)13(21)15-10(12(19)20)4-5-11(14)18/h8-10H,4-7H2,1-3H3,(H2,14,18)(H,15,21)(H,19,20). The van der Waals surface area contributed by atoms with Crippen molar-refractivity contribution < 1.29 is 19.5 Å². The van der Waals surface area contributed by atoms with Gasteiger partial charge in [-0.15, -0.1) is 0 Å². The van der Waals surface area contributed by atoms with E-state index in [0.29, 0.717) is 13.1 Å². The fourth-order valence-corrected chi connectivity index (χ4v) is 2.35. The minimum Gasteiger partial charge on any atom is -0.480 e. The van der Waals surface area contributed by atoms with E-state index in [1.807, 2.05) is 20.9 Å². The van der Waals surface area contributed by atoms with Crippen LogP contribution < -0.4 is 11.1 Å². The number of nitrogens with two attached hydrogens (primary N) is 1. The molecule has 3 atom stereocenters. The van der Waals surface area contributed by atoms with Gasteiger partial charge in [0.1, 0.15) is 6.04 Å². The summed E-state index contributed by atoms with van der Waals surface area (Å²) < 4.78 is 0. The van der Waals surface area contributed by atoms with Gasteiger partial charge in [0.15, 0.2) is 0 Å². The lowest BCUT2D eigenvalue weighted by Crippen LogP contribution is -2.59. The molecule has 0 aliphatic carbocycles. The molecule has 3 amide bonds. The first-order valence-corrected chi connectivity index (χ1v) is 7.00. The van der Waals surface area contributed by atoms with Crippen LogP contribution in [0.1, 0.15) is 26.7 Å². The average Bonchev–Trinajstić information content (AvgIpc) is 2.39. The molecule has 8 heteroatoms. The number of carboxylic acids is 1. The van der Waals surface area contributed by atoms with Gasteiger partial charge in [-0.05, 0) is 27.3 Å². The number of nitrogens with zero attached hydrogens (tertiary/aromatic N) is 2. The van der Waals surface area contributed by atoms with Crippen LogP contribution in [0.2, 0.25) is 0 Å². The molecule has 0 spiro atoms. The molecular weight excluding hydrogens is 276 g/mol. The van der Waals surface area contributed by atoms with Gasteiger partial charge in [-0.2, -0.15) is 0 Å². The first kappa shape index (κ1) is 17.2. The highest BCUT2D eigenvalue weighted by Gasteiger charge is 2.31. The maximum absolute atomic E-state index is 12.2. The summed E-state index contributed by atoms with van der Waals surface area (Å²) in [5.41, 5.74) is 5.01. The number of carbonyl (C=O) groups excluding carboxylic acids is 2. The molecule has 1 heterocycles. The molecule has 120 valence electrons. The van der Waals surface area contributed by atoms with Crippen molar-refractivity contribution in [3.63, 3.8) is 0 Å². The zero-order valence-electron chi connectivity index (χ0n) is 12.7. The zero-order chi connectivity index (χ0) is 16.2. The lowest BCUT2D eigenvalue weighted by Gasteiger charge is -2.42. The molecule has 0 bridgehead atoms. The number of hydrogen-bond acceptors (Lipinski definition) is 4. The number of primary amides is 1. The third-order valence-electron chi connectivity index (χ3n) is 3.92. The highest BCUT2D eigenvalue weighted by atomic mass is 16.4. The number of likely N-dealkylation sites (N-methyl/N-ethyl adjacent to an activating group) is 1. The number of carbonyl (C=O) groups is 3. The second-order valence-corrected chi connectivity index (χ2v) is 5.61. The molecule has 8 nitrogen and oxygen atoms in total. The van der Waals surface area contributed by atoms with Gasteiger partial charge in [-0.3, -0.25) is 9.69 Å². The summed E-state index contributed by atoms with van der Waals surface area (Å²) in [6, 6.07) is -1.12. The number of piperazine rings is 1. The van der Waals surface area contributed by atoms with E-state index in [2.05, 4.69) is 10.2 Å². The van der Waals surface area contributed by atoms with Crippen molar-refractivity contribution in [2.24, 2.45) is 5.73 Å². The van der Waals surface area contributed by atoms with Crippen LogP contribution in [0.4, 0.5) is 4.79 Å². The topological polar surface area (TPSA) is 116 Å². The molecule has 1 saturated heterocycles. The monoisotopic (exact) mass is 300 g/mol. The van der Waals surface area contributed by atoms with Gasteiger partial charge >= 0.3 is 12.0 Å². The molecule has 1 fully saturated rings. The summed E-state index contributed by atoms with van der Waals surface area (Å²) in [6.07, 6.45) is -0.0813. The summed E-state index contributed by atoms with van der Waals surface area (Å²) in [5, 5.41) is 11.5. The minimum absolute atomic E-state index is 0.00471. The van der Waals surface area contributed by atoms with Crippen molar-refractivity contribution in [1.29, 1.82) is 0 Å². The van der Waals surface area contributed by atoms with Crippen molar-refractivity contribution in [3.8, 4) is 0 Å². The van der Waals surface area contributed by atoms with E-state index in [9.17, 15) is 14.4 Å². The Hall–Kier alpha value is -1.83. The Bertz CT molecular complexity index is 403. The molecule has 0 radical (unpaired) electrons. The quantitative estimate of drug-likeness (QED) is 0.629. The summed E-state index contributed by atoms with van der Waals surface area (Å²) in [6.45, 7) is 5.10. The zero-order valence-corrected chi connectivity index (χ0v) is 12.7. The molecule has 0 saturated carbocycles. The number of urea groups is 1. The Labute approximate surface area is 124 Å². The molecule has 4 N–H and O–H groups in total. The number of hydrogen-bond donors (Lipinski definition) is 3. The van der Waals surface area contributed by atoms with Crippen LogP contribution in [-0.2, 0) is 9.59 Å². The van der Waals surface area contributed by atoms with Gasteiger partial charge in [0.05, 0.1) is 0 Å². The lowest BCUT2D eigenvalue weighted by molar-refractivity contribution is -0.139. The normalized spacial score (nSPS) is 24.4. The molecule has 0 aromatic carbocycles. The third kappa shape index (κ3) is 4.89. The number of amides is 3. The van der Waals surface area contributed by atoms with Gasteiger partial charge in [-0.25, -0.2) is 9.59 Å². The van der Waals surface area contributed by atoms with Crippen LogP contribution in [0, 0.1) is 0 Å². The van der Waals surface area contributed by atoms with Gasteiger partial charge in [0.2, 0.25) is 5.91 Å². The maximum atomic E-state index is 12.2. The first-order valence-electron chi connectivity index (χ1n) is 7.00. The maximum Gasteiger partial charge on any atom is 0.326 e. The molecular formula is C13H24N4O4. The summed E-state index contributed by atoms with van der Waals surface area (Å²) >= 11 is 0. The van der Waals surface area contributed by atoms with E-state index in [0.717, 1.165) is 0 Å².